The molecule has 0 saturated carbocycles. The van der Waals surface area contributed by atoms with Crippen LogP contribution in [0.5, 0.6) is 0 Å². The molecule has 0 fully saturated rings. The Balaban J connectivity index is 2.08. The lowest BCUT2D eigenvalue weighted by Gasteiger charge is -2.39. The Bertz CT molecular complexity index is 1020. The maximum Gasteiger partial charge on any atom is 0.0574 e. The molecule has 136 valence electrons. The minimum Gasteiger partial charge on any atom is -0.378 e. The van der Waals surface area contributed by atoms with E-state index in [-0.39, 0.29) is 5.41 Å². The predicted octanol–water partition coefficient (Wildman–Crippen LogP) is 5.41. The van der Waals surface area contributed by atoms with Crippen LogP contribution in [0.4, 0.5) is 5.69 Å². The molecule has 2 aromatic rings. The Labute approximate surface area is 162 Å². The quantitative estimate of drug-likeness (QED) is 0.704. The smallest absolute Gasteiger partial charge is 0.0574 e. The van der Waals surface area contributed by atoms with Crippen molar-refractivity contribution in [1.82, 2.24) is 0 Å². The summed E-state index contributed by atoms with van der Waals surface area (Å²) in [5.41, 5.74) is 10.1. The largest absolute Gasteiger partial charge is 0.378 e. The molecule has 0 N–H and O–H groups in total. The molecule has 2 aliphatic rings. The van der Waals surface area contributed by atoms with Crippen LogP contribution >= 0.6 is 0 Å². The van der Waals surface area contributed by atoms with Gasteiger partial charge in [0.05, 0.1) is 5.71 Å². The number of nitrogens with zero attached hydrogens (tertiary/aromatic N) is 2. The van der Waals surface area contributed by atoms with Gasteiger partial charge >= 0.3 is 0 Å². The molecule has 4 rings (SSSR count). The second-order valence-corrected chi connectivity index (χ2v) is 7.94. The maximum absolute atomic E-state index is 4.43. The highest BCUT2D eigenvalue weighted by atomic mass is 15.1. The van der Waals surface area contributed by atoms with Gasteiger partial charge in [0.15, 0.2) is 0 Å². The van der Waals surface area contributed by atoms with Crippen LogP contribution in [-0.4, -0.2) is 26.9 Å². The van der Waals surface area contributed by atoms with Gasteiger partial charge in [-0.15, -0.1) is 0 Å². The molecule has 27 heavy (non-hydrogen) atoms. The molecule has 0 unspecified atom stereocenters. The normalized spacial score (nSPS) is 18.9. The van der Waals surface area contributed by atoms with Gasteiger partial charge < -0.3 is 4.90 Å². The average Bonchev–Trinajstić information content (AvgIpc) is 2.68. The van der Waals surface area contributed by atoms with Crippen LogP contribution in [0.1, 0.15) is 30.5 Å². The summed E-state index contributed by atoms with van der Waals surface area (Å²) < 4.78 is 0. The molecule has 0 radical (unpaired) electrons. The van der Waals surface area contributed by atoms with E-state index in [9.17, 15) is 0 Å². The van der Waals surface area contributed by atoms with E-state index in [0.717, 1.165) is 5.71 Å². The van der Waals surface area contributed by atoms with Gasteiger partial charge in [0, 0.05) is 32.2 Å². The van der Waals surface area contributed by atoms with Crippen LogP contribution in [0.15, 0.2) is 82.9 Å². The van der Waals surface area contributed by atoms with E-state index in [0.29, 0.717) is 0 Å². The Hall–Kier alpha value is -2.87. The number of anilines is 1. The van der Waals surface area contributed by atoms with E-state index in [1.165, 1.54) is 39.1 Å². The van der Waals surface area contributed by atoms with Gasteiger partial charge in [-0.25, -0.2) is 0 Å². The fraction of sp³-hybridized carbons (Fsp3) is 0.240. The van der Waals surface area contributed by atoms with Crippen LogP contribution in [0.2, 0.25) is 0 Å². The van der Waals surface area contributed by atoms with Gasteiger partial charge in [0.2, 0.25) is 0 Å². The number of benzene rings is 2. The monoisotopic (exact) mass is 354 g/mol. The fourth-order valence-electron chi connectivity index (χ4n) is 4.16. The zero-order chi connectivity index (χ0) is 19.2. The molecule has 2 nitrogen and oxygen atoms in total. The van der Waals surface area contributed by atoms with Gasteiger partial charge in [0.1, 0.15) is 0 Å². The standard InChI is InChI=1S/C25H26N2/c1-25(2)22-15-18(26-3)11-13-20(22)24(17-9-7-6-8-10-17)21-14-12-19(27(4)5)16-23(21)25/h6-16H,1-5H3. The number of hydrogen-bond donors (Lipinski definition) is 0. The van der Waals surface area contributed by atoms with Crippen LogP contribution < -0.4 is 4.90 Å². The zero-order valence-corrected chi connectivity index (χ0v) is 16.7. The molecule has 0 bridgehead atoms. The fourth-order valence-corrected chi connectivity index (χ4v) is 4.16. The molecule has 2 aliphatic carbocycles. The van der Waals surface area contributed by atoms with E-state index >= 15 is 0 Å². The summed E-state index contributed by atoms with van der Waals surface area (Å²) in [7, 11) is 6.06. The second-order valence-electron chi connectivity index (χ2n) is 7.94. The molecule has 0 aliphatic heterocycles. The summed E-state index contributed by atoms with van der Waals surface area (Å²) in [4.78, 5) is 6.60. The third-order valence-corrected chi connectivity index (χ3v) is 5.73. The first-order valence-corrected chi connectivity index (χ1v) is 9.43. The highest BCUT2D eigenvalue weighted by molar-refractivity contribution is 6.09. The first kappa shape index (κ1) is 17.5. The van der Waals surface area contributed by atoms with Crippen LogP contribution in [-0.2, 0) is 5.41 Å². The van der Waals surface area contributed by atoms with Gasteiger partial charge in [-0.05, 0) is 57.7 Å². The van der Waals surface area contributed by atoms with Crippen molar-refractivity contribution in [2.75, 3.05) is 26.0 Å². The second kappa shape index (κ2) is 6.38. The average molecular weight is 354 g/mol. The van der Waals surface area contributed by atoms with Crippen molar-refractivity contribution < 1.29 is 0 Å². The predicted molar refractivity (Wildman–Crippen MR) is 117 cm³/mol. The van der Waals surface area contributed by atoms with Crippen molar-refractivity contribution in [3.63, 3.8) is 0 Å². The minimum absolute atomic E-state index is 0.0876. The Kier molecular flexibility index (Phi) is 4.15. The van der Waals surface area contributed by atoms with Crippen molar-refractivity contribution >= 4 is 17.0 Å². The van der Waals surface area contributed by atoms with Crippen LogP contribution in [0.3, 0.4) is 0 Å². The Morgan fingerprint density at radius 1 is 0.926 bits per heavy atom. The number of fused-ring (bicyclic) bond motifs is 2. The molecule has 2 aromatic carbocycles. The topological polar surface area (TPSA) is 15.6 Å². The lowest BCUT2D eigenvalue weighted by atomic mass is 9.64. The molecule has 0 amide bonds. The third kappa shape index (κ3) is 2.76. The van der Waals surface area contributed by atoms with E-state index in [4.69, 9.17) is 0 Å². The van der Waals surface area contributed by atoms with Crippen LogP contribution in [0.25, 0.3) is 5.57 Å². The first-order valence-electron chi connectivity index (χ1n) is 9.43. The van der Waals surface area contributed by atoms with Crippen molar-refractivity contribution in [1.29, 1.82) is 0 Å². The molecule has 0 saturated heterocycles. The molecule has 0 aromatic heterocycles. The summed E-state index contributed by atoms with van der Waals surface area (Å²) in [5.74, 6) is 0. The summed E-state index contributed by atoms with van der Waals surface area (Å²) in [5, 5.41) is 0. The van der Waals surface area contributed by atoms with E-state index < -0.39 is 0 Å². The van der Waals surface area contributed by atoms with Crippen molar-refractivity contribution in [3.05, 3.63) is 94.6 Å². The Morgan fingerprint density at radius 2 is 1.67 bits per heavy atom. The minimum atomic E-state index is -0.0876. The number of hydrogen-bond acceptors (Lipinski definition) is 2. The first-order chi connectivity index (χ1) is 12.9. The van der Waals surface area contributed by atoms with Gasteiger partial charge in [-0.3, -0.25) is 4.99 Å². The van der Waals surface area contributed by atoms with Gasteiger partial charge in [0.25, 0.3) is 0 Å². The highest BCUT2D eigenvalue weighted by Gasteiger charge is 2.37. The molecule has 0 spiro atoms. The SMILES string of the molecule is CN=C1C=CC2=C(c3ccccc3)c3ccc(N(C)C)cc3C(C)(C)C2=C1. The van der Waals surface area contributed by atoms with E-state index in [1.807, 2.05) is 7.05 Å². The Morgan fingerprint density at radius 3 is 2.33 bits per heavy atom. The third-order valence-electron chi connectivity index (χ3n) is 5.73. The highest BCUT2D eigenvalue weighted by Crippen LogP contribution is 2.50. The molecule has 0 atom stereocenters. The number of rotatable bonds is 2. The molecular formula is C25H26N2. The van der Waals surface area contributed by atoms with Crippen molar-refractivity contribution in [2.45, 2.75) is 19.3 Å². The van der Waals surface area contributed by atoms with E-state index in [2.05, 4.69) is 105 Å². The number of aliphatic imine (C=N–C) groups is 1. The lowest BCUT2D eigenvalue weighted by Crippen LogP contribution is -2.29. The zero-order valence-electron chi connectivity index (χ0n) is 16.7. The lowest BCUT2D eigenvalue weighted by molar-refractivity contribution is 0.626. The van der Waals surface area contributed by atoms with Crippen molar-refractivity contribution in [3.8, 4) is 0 Å². The van der Waals surface area contributed by atoms with Gasteiger partial charge in [-0.2, -0.15) is 0 Å². The van der Waals surface area contributed by atoms with Crippen LogP contribution in [0, 0.1) is 0 Å². The van der Waals surface area contributed by atoms with Gasteiger partial charge in [-0.1, -0.05) is 56.3 Å². The summed E-state index contributed by atoms with van der Waals surface area (Å²) in [6.45, 7) is 4.65. The molecule has 0 heterocycles. The maximum atomic E-state index is 4.43. The molecule has 2 heteroatoms. The van der Waals surface area contributed by atoms with Crippen molar-refractivity contribution in [2.24, 2.45) is 4.99 Å². The van der Waals surface area contributed by atoms with E-state index in [1.54, 1.807) is 0 Å². The summed E-state index contributed by atoms with van der Waals surface area (Å²) >= 11 is 0. The summed E-state index contributed by atoms with van der Waals surface area (Å²) in [6.07, 6.45) is 6.62. The number of allylic oxidation sites excluding steroid dienone is 5. The molecular weight excluding hydrogens is 328 g/mol. The summed E-state index contributed by atoms with van der Waals surface area (Å²) in [6, 6.07) is 17.6.